The Morgan fingerprint density at radius 2 is 2.22 bits per heavy atom. The summed E-state index contributed by atoms with van der Waals surface area (Å²) in [7, 11) is 0. The SMILES string of the molecule is CC1[C@@H]2CCC1(C)[C@@H](NC(=O)Nc1cc(C(N)=O)n(CC3CCCO3)c1)C2. The van der Waals surface area contributed by atoms with Gasteiger partial charge in [0.25, 0.3) is 5.91 Å². The fraction of sp³-hybridized carbons (Fsp3) is 0.700. The van der Waals surface area contributed by atoms with Gasteiger partial charge in [0.2, 0.25) is 0 Å². The molecular formula is C20H30N4O3. The lowest BCUT2D eigenvalue weighted by Gasteiger charge is -2.34. The van der Waals surface area contributed by atoms with Crippen LogP contribution < -0.4 is 16.4 Å². The first-order valence-electron chi connectivity index (χ1n) is 10.1. The number of aromatic nitrogens is 1. The second kappa shape index (κ2) is 6.86. The average molecular weight is 374 g/mol. The highest BCUT2D eigenvalue weighted by Gasteiger charge is 2.54. The quantitative estimate of drug-likeness (QED) is 0.739. The molecule has 0 spiro atoms. The van der Waals surface area contributed by atoms with Gasteiger partial charge in [-0.25, -0.2) is 4.79 Å². The highest BCUT2D eigenvalue weighted by molar-refractivity contribution is 5.95. The maximum Gasteiger partial charge on any atom is 0.319 e. The van der Waals surface area contributed by atoms with E-state index < -0.39 is 5.91 Å². The summed E-state index contributed by atoms with van der Waals surface area (Å²) in [5.41, 5.74) is 6.67. The number of anilines is 1. The maximum absolute atomic E-state index is 12.6. The van der Waals surface area contributed by atoms with E-state index in [9.17, 15) is 9.59 Å². The van der Waals surface area contributed by atoms with Crippen molar-refractivity contribution < 1.29 is 14.3 Å². The molecule has 1 aliphatic heterocycles. The fourth-order valence-electron chi connectivity index (χ4n) is 5.39. The van der Waals surface area contributed by atoms with Gasteiger partial charge in [-0.05, 0) is 55.4 Å². The lowest BCUT2D eigenvalue weighted by Crippen LogP contribution is -2.46. The Morgan fingerprint density at radius 1 is 1.41 bits per heavy atom. The lowest BCUT2D eigenvalue weighted by molar-refractivity contribution is 0.0922. The number of hydrogen-bond acceptors (Lipinski definition) is 3. The zero-order valence-corrected chi connectivity index (χ0v) is 16.2. The van der Waals surface area contributed by atoms with E-state index in [1.165, 1.54) is 12.8 Å². The van der Waals surface area contributed by atoms with Crippen molar-refractivity contribution >= 4 is 17.6 Å². The molecule has 0 radical (unpaired) electrons. The van der Waals surface area contributed by atoms with Crippen LogP contribution in [0.15, 0.2) is 12.3 Å². The first kappa shape index (κ1) is 18.3. The van der Waals surface area contributed by atoms with Crippen molar-refractivity contribution in [3.8, 4) is 0 Å². The molecule has 2 aliphatic carbocycles. The molecule has 3 unspecified atom stereocenters. The van der Waals surface area contributed by atoms with Gasteiger partial charge in [-0.15, -0.1) is 0 Å². The van der Waals surface area contributed by atoms with E-state index in [1.54, 1.807) is 16.8 Å². The van der Waals surface area contributed by atoms with Gasteiger partial charge in [-0.3, -0.25) is 4.79 Å². The minimum absolute atomic E-state index is 0.0904. The number of nitrogens with two attached hydrogens (primary N) is 1. The van der Waals surface area contributed by atoms with Crippen LogP contribution >= 0.6 is 0 Å². The Bertz CT molecular complexity index is 740. The number of fused-ring (bicyclic) bond motifs is 2. The van der Waals surface area contributed by atoms with Crippen LogP contribution in [0.5, 0.6) is 0 Å². The Morgan fingerprint density at radius 3 is 2.81 bits per heavy atom. The summed E-state index contributed by atoms with van der Waals surface area (Å²) in [4.78, 5) is 24.3. The third kappa shape index (κ3) is 3.33. The molecule has 27 heavy (non-hydrogen) atoms. The van der Waals surface area contributed by atoms with Gasteiger partial charge in [0.1, 0.15) is 5.69 Å². The van der Waals surface area contributed by atoms with Gasteiger partial charge in [0.15, 0.2) is 0 Å². The molecule has 3 aliphatic rings. The summed E-state index contributed by atoms with van der Waals surface area (Å²) in [5.74, 6) is 0.863. The summed E-state index contributed by atoms with van der Waals surface area (Å²) in [6, 6.07) is 1.63. The smallest absolute Gasteiger partial charge is 0.319 e. The zero-order valence-electron chi connectivity index (χ0n) is 16.2. The number of carbonyl (C=O) groups is 2. The van der Waals surface area contributed by atoms with Crippen LogP contribution in [0, 0.1) is 17.3 Å². The molecule has 1 aromatic rings. The van der Waals surface area contributed by atoms with E-state index in [2.05, 4.69) is 24.5 Å². The van der Waals surface area contributed by atoms with Crippen molar-refractivity contribution in [1.29, 1.82) is 0 Å². The van der Waals surface area contributed by atoms with Crippen molar-refractivity contribution in [3.05, 3.63) is 18.0 Å². The first-order chi connectivity index (χ1) is 12.9. The van der Waals surface area contributed by atoms with Crippen LogP contribution in [0.3, 0.4) is 0 Å². The highest BCUT2D eigenvalue weighted by atomic mass is 16.5. The Kier molecular flexibility index (Phi) is 4.66. The average Bonchev–Trinajstić information content (AvgIpc) is 3.35. The van der Waals surface area contributed by atoms with Gasteiger partial charge in [-0.1, -0.05) is 13.8 Å². The molecular weight excluding hydrogens is 344 g/mol. The minimum atomic E-state index is -0.504. The number of primary amides is 1. The number of amides is 3. The molecule has 2 saturated carbocycles. The second-order valence-electron chi connectivity index (χ2n) is 8.75. The molecule has 1 saturated heterocycles. The Balaban J connectivity index is 1.41. The second-order valence-corrected chi connectivity index (χ2v) is 8.75. The summed E-state index contributed by atoms with van der Waals surface area (Å²) >= 11 is 0. The summed E-state index contributed by atoms with van der Waals surface area (Å²) in [5, 5.41) is 6.04. The van der Waals surface area contributed by atoms with Gasteiger partial charge in [-0.2, -0.15) is 0 Å². The molecule has 1 aromatic heterocycles. The monoisotopic (exact) mass is 374 g/mol. The molecule has 3 amide bonds. The standard InChI is InChI=1S/C20H30N4O3/c1-12-13-5-6-20(12,2)17(8-13)23-19(26)22-14-9-16(18(21)25)24(10-14)11-15-4-3-7-27-15/h9-10,12-13,15,17H,3-8,11H2,1-2H3,(H2,21,25)(H2,22,23,26)/t12?,13-,15?,17+,20?/m1/s1. The molecule has 4 rings (SSSR count). The number of ether oxygens (including phenoxy) is 1. The van der Waals surface area contributed by atoms with E-state index in [1.807, 2.05) is 0 Å². The molecule has 5 atom stereocenters. The minimum Gasteiger partial charge on any atom is -0.376 e. The summed E-state index contributed by atoms with van der Waals surface area (Å²) < 4.78 is 7.43. The molecule has 7 heteroatoms. The van der Waals surface area contributed by atoms with E-state index >= 15 is 0 Å². The van der Waals surface area contributed by atoms with Gasteiger partial charge in [0, 0.05) is 25.4 Å². The number of rotatable bonds is 5. The maximum atomic E-state index is 12.6. The Labute approximate surface area is 160 Å². The van der Waals surface area contributed by atoms with Crippen LogP contribution in [-0.2, 0) is 11.3 Å². The van der Waals surface area contributed by atoms with Crippen LogP contribution in [0.2, 0.25) is 0 Å². The molecule has 0 aromatic carbocycles. The van der Waals surface area contributed by atoms with Crippen LogP contribution in [-0.4, -0.2) is 35.3 Å². The van der Waals surface area contributed by atoms with Crippen LogP contribution in [0.25, 0.3) is 0 Å². The summed E-state index contributed by atoms with van der Waals surface area (Å²) in [6.07, 6.45) is 7.36. The van der Waals surface area contributed by atoms with Gasteiger partial charge >= 0.3 is 6.03 Å². The van der Waals surface area contributed by atoms with E-state index in [0.717, 1.165) is 25.9 Å². The largest absolute Gasteiger partial charge is 0.376 e. The Hall–Kier alpha value is -2.02. The number of hydrogen-bond donors (Lipinski definition) is 3. The normalized spacial score (nSPS) is 34.7. The van der Waals surface area contributed by atoms with Crippen molar-refractivity contribution in [2.45, 2.75) is 64.6 Å². The van der Waals surface area contributed by atoms with Crippen LogP contribution in [0.1, 0.15) is 56.4 Å². The summed E-state index contributed by atoms with van der Waals surface area (Å²) in [6.45, 7) is 5.92. The molecule has 2 heterocycles. The third-order valence-electron chi connectivity index (χ3n) is 7.27. The number of carbonyl (C=O) groups excluding carboxylic acids is 2. The van der Waals surface area contributed by atoms with Gasteiger partial charge < -0.3 is 25.7 Å². The fourth-order valence-corrected chi connectivity index (χ4v) is 5.39. The third-order valence-corrected chi connectivity index (χ3v) is 7.27. The van der Waals surface area contributed by atoms with Crippen molar-refractivity contribution in [3.63, 3.8) is 0 Å². The number of nitrogens with one attached hydrogen (secondary N) is 2. The molecule has 148 valence electrons. The van der Waals surface area contributed by atoms with E-state index in [-0.39, 0.29) is 23.6 Å². The number of urea groups is 1. The predicted octanol–water partition coefficient (Wildman–Crippen LogP) is 2.71. The van der Waals surface area contributed by atoms with Gasteiger partial charge in [0.05, 0.1) is 11.8 Å². The van der Waals surface area contributed by atoms with Crippen molar-refractivity contribution in [2.24, 2.45) is 23.0 Å². The first-order valence-corrected chi connectivity index (χ1v) is 10.1. The van der Waals surface area contributed by atoms with Crippen LogP contribution in [0.4, 0.5) is 10.5 Å². The molecule has 2 bridgehead atoms. The topological polar surface area (TPSA) is 98.4 Å². The predicted molar refractivity (Wildman–Crippen MR) is 102 cm³/mol. The molecule has 3 fully saturated rings. The van der Waals surface area contributed by atoms with E-state index in [4.69, 9.17) is 10.5 Å². The molecule has 7 nitrogen and oxygen atoms in total. The highest BCUT2D eigenvalue weighted by Crippen LogP contribution is 2.57. The lowest BCUT2D eigenvalue weighted by atomic mass is 9.78. The number of nitrogens with zero attached hydrogens (tertiary/aromatic N) is 1. The van der Waals surface area contributed by atoms with Crippen molar-refractivity contribution in [2.75, 3.05) is 11.9 Å². The van der Waals surface area contributed by atoms with Crippen molar-refractivity contribution in [1.82, 2.24) is 9.88 Å². The zero-order chi connectivity index (χ0) is 19.2. The van der Waals surface area contributed by atoms with E-state index in [0.29, 0.717) is 29.8 Å². The molecule has 4 N–H and O–H groups in total.